The lowest BCUT2D eigenvalue weighted by Gasteiger charge is -2.37. The highest BCUT2D eigenvalue weighted by molar-refractivity contribution is 5.73. The molecule has 0 fully saturated rings. The van der Waals surface area contributed by atoms with Crippen molar-refractivity contribution in [1.82, 2.24) is 15.0 Å². The Bertz CT molecular complexity index is 1220. The van der Waals surface area contributed by atoms with E-state index in [9.17, 15) is 5.11 Å². The van der Waals surface area contributed by atoms with Crippen molar-refractivity contribution in [2.24, 2.45) is 5.41 Å². The van der Waals surface area contributed by atoms with Crippen LogP contribution in [0.2, 0.25) is 0 Å². The first-order valence-corrected chi connectivity index (χ1v) is 11.7. The summed E-state index contributed by atoms with van der Waals surface area (Å²) < 4.78 is 0. The highest BCUT2D eigenvalue weighted by Gasteiger charge is 2.35. The third-order valence-corrected chi connectivity index (χ3v) is 6.60. The Morgan fingerprint density at radius 3 is 1.88 bits per heavy atom. The molecule has 0 bridgehead atoms. The summed E-state index contributed by atoms with van der Waals surface area (Å²) in [5.41, 5.74) is 4.68. The topological polar surface area (TPSA) is 50.9 Å². The third kappa shape index (κ3) is 4.80. The van der Waals surface area contributed by atoms with Crippen molar-refractivity contribution in [2.75, 3.05) is 0 Å². The Morgan fingerprint density at radius 2 is 1.30 bits per heavy atom. The van der Waals surface area contributed by atoms with Gasteiger partial charge in [0.25, 0.3) is 0 Å². The van der Waals surface area contributed by atoms with Gasteiger partial charge in [-0.15, -0.1) is 0 Å². The number of hydrogen-bond donors (Lipinski definition) is 1. The van der Waals surface area contributed by atoms with Crippen LogP contribution in [0.3, 0.4) is 0 Å². The number of phenols is 1. The van der Waals surface area contributed by atoms with Gasteiger partial charge in [-0.3, -0.25) is 0 Å². The second-order valence-corrected chi connectivity index (χ2v) is 11.2. The lowest BCUT2D eigenvalue weighted by atomic mass is 9.69. The van der Waals surface area contributed by atoms with Crippen molar-refractivity contribution in [3.63, 3.8) is 0 Å². The molecule has 0 radical (unpaired) electrons. The predicted molar refractivity (Wildman–Crippen MR) is 136 cm³/mol. The molecule has 33 heavy (non-hydrogen) atoms. The zero-order valence-corrected chi connectivity index (χ0v) is 20.6. The summed E-state index contributed by atoms with van der Waals surface area (Å²) in [5, 5.41) is 20.4. The largest absolute Gasteiger partial charge is 0.508 e. The van der Waals surface area contributed by atoms with E-state index in [1.165, 1.54) is 11.1 Å². The van der Waals surface area contributed by atoms with E-state index in [1.807, 2.05) is 41.2 Å². The predicted octanol–water partition coefficient (Wildman–Crippen LogP) is 6.86. The highest BCUT2D eigenvalue weighted by Crippen LogP contribution is 2.43. The van der Waals surface area contributed by atoms with E-state index in [2.05, 4.69) is 77.9 Å². The van der Waals surface area contributed by atoms with Gasteiger partial charge in [-0.05, 0) is 41.2 Å². The molecule has 1 N–H and O–H groups in total. The smallest absolute Gasteiger partial charge is 0.119 e. The molecule has 172 valence electrons. The van der Waals surface area contributed by atoms with E-state index < -0.39 is 0 Å². The molecule has 1 aromatic heterocycles. The number of rotatable bonds is 6. The van der Waals surface area contributed by atoms with Gasteiger partial charge in [-0.2, -0.15) is 15.0 Å². The Labute approximate surface area is 197 Å². The lowest BCUT2D eigenvalue weighted by molar-refractivity contribution is 0.228. The van der Waals surface area contributed by atoms with Gasteiger partial charge in [0.1, 0.15) is 16.8 Å². The summed E-state index contributed by atoms with van der Waals surface area (Å²) in [4.78, 5) is 1.84. The zero-order chi connectivity index (χ0) is 23.9. The molecule has 0 spiro atoms. The molecule has 1 unspecified atom stereocenters. The molecular formula is C29H35N3O. The van der Waals surface area contributed by atoms with Gasteiger partial charge in [0.15, 0.2) is 0 Å². The number of phenolic OH excluding ortho intramolecular Hbond substituents is 1. The van der Waals surface area contributed by atoms with Crippen LogP contribution in [0.25, 0.3) is 11.0 Å². The highest BCUT2D eigenvalue weighted by atomic mass is 16.3. The van der Waals surface area contributed by atoms with E-state index in [0.717, 1.165) is 23.0 Å². The van der Waals surface area contributed by atoms with Crippen LogP contribution in [0.4, 0.5) is 0 Å². The number of fused-ring (bicyclic) bond motifs is 1. The average molecular weight is 442 g/mol. The average Bonchev–Trinajstić information content (AvgIpc) is 3.15. The van der Waals surface area contributed by atoms with Gasteiger partial charge >= 0.3 is 0 Å². The van der Waals surface area contributed by atoms with Gasteiger partial charge in [-0.25, -0.2) is 0 Å². The summed E-state index contributed by atoms with van der Waals surface area (Å²) in [6, 6.07) is 24.5. The summed E-state index contributed by atoms with van der Waals surface area (Å²) in [6.07, 6.45) is 0.952. The van der Waals surface area contributed by atoms with Crippen LogP contribution >= 0.6 is 0 Å². The van der Waals surface area contributed by atoms with Crippen molar-refractivity contribution in [3.05, 3.63) is 89.5 Å². The molecule has 4 aromatic rings. The zero-order valence-electron chi connectivity index (χ0n) is 20.6. The van der Waals surface area contributed by atoms with Crippen LogP contribution in [0.1, 0.15) is 64.7 Å². The molecule has 0 aliphatic rings. The van der Waals surface area contributed by atoms with Crippen molar-refractivity contribution < 1.29 is 5.11 Å². The van der Waals surface area contributed by atoms with Crippen molar-refractivity contribution in [3.8, 4) is 5.75 Å². The first-order chi connectivity index (χ1) is 15.5. The van der Waals surface area contributed by atoms with Crippen molar-refractivity contribution >= 4 is 11.0 Å². The molecule has 0 aliphatic carbocycles. The number of nitrogens with zero attached hydrogens (tertiary/aromatic N) is 3. The minimum atomic E-state index is -0.331. The molecule has 0 saturated heterocycles. The maximum Gasteiger partial charge on any atom is 0.119 e. The normalized spacial score (nSPS) is 14.4. The monoisotopic (exact) mass is 441 g/mol. The SMILES string of the molecule is CC(C)(C)CC(C)(Cn1nc2ccccc2n1)c1ccc(O)c(C(C)(C)c2ccccc2)c1. The standard InChI is InChI=1S/C29H35N3O/c1-27(2,3)19-29(6,20-32-30-24-14-10-11-15-25(24)31-32)22-16-17-26(33)23(18-22)28(4,5)21-12-8-7-9-13-21/h7-18,33H,19-20H2,1-6H3. The van der Waals surface area contributed by atoms with E-state index in [1.54, 1.807) is 0 Å². The van der Waals surface area contributed by atoms with Crippen LogP contribution in [0, 0.1) is 5.41 Å². The molecule has 0 aliphatic heterocycles. The van der Waals surface area contributed by atoms with Crippen LogP contribution < -0.4 is 0 Å². The number of aromatic hydroxyl groups is 1. The molecule has 0 saturated carbocycles. The minimum Gasteiger partial charge on any atom is -0.508 e. The van der Waals surface area contributed by atoms with E-state index in [0.29, 0.717) is 12.3 Å². The second kappa shape index (κ2) is 8.33. The molecule has 4 heteroatoms. The fourth-order valence-electron chi connectivity index (χ4n) is 5.13. The quantitative estimate of drug-likeness (QED) is 0.356. The van der Waals surface area contributed by atoms with Crippen molar-refractivity contribution in [2.45, 2.75) is 65.3 Å². The lowest BCUT2D eigenvalue weighted by Crippen LogP contribution is -2.34. The molecule has 0 amide bonds. The Morgan fingerprint density at radius 1 is 0.727 bits per heavy atom. The number of hydrogen-bond acceptors (Lipinski definition) is 3. The molecule has 1 heterocycles. The van der Waals surface area contributed by atoms with Crippen LogP contribution in [0.5, 0.6) is 5.75 Å². The maximum absolute atomic E-state index is 10.9. The minimum absolute atomic E-state index is 0.105. The summed E-state index contributed by atoms with van der Waals surface area (Å²) in [5.74, 6) is 0.327. The maximum atomic E-state index is 10.9. The number of benzene rings is 3. The first kappa shape index (κ1) is 23.0. The fraction of sp³-hybridized carbons (Fsp3) is 0.379. The van der Waals surface area contributed by atoms with Gasteiger partial charge in [0.2, 0.25) is 0 Å². The summed E-state index contributed by atoms with van der Waals surface area (Å²) in [6.45, 7) is 14.1. The molecule has 4 rings (SSSR count). The van der Waals surface area contributed by atoms with Crippen LogP contribution in [0.15, 0.2) is 72.8 Å². The Balaban J connectivity index is 1.80. The van der Waals surface area contributed by atoms with Crippen LogP contribution in [-0.2, 0) is 17.4 Å². The summed E-state index contributed by atoms with van der Waals surface area (Å²) >= 11 is 0. The first-order valence-electron chi connectivity index (χ1n) is 11.7. The van der Waals surface area contributed by atoms with Gasteiger partial charge in [0, 0.05) is 16.4 Å². The van der Waals surface area contributed by atoms with Gasteiger partial charge in [-0.1, -0.05) is 96.1 Å². The van der Waals surface area contributed by atoms with Crippen molar-refractivity contribution in [1.29, 1.82) is 0 Å². The van der Waals surface area contributed by atoms with Crippen LogP contribution in [-0.4, -0.2) is 20.1 Å². The molecule has 1 atom stereocenters. The molecule has 3 aromatic carbocycles. The Hall–Kier alpha value is -3.14. The Kier molecular flexibility index (Phi) is 5.81. The number of aromatic nitrogens is 3. The molecular weight excluding hydrogens is 406 g/mol. The third-order valence-electron chi connectivity index (χ3n) is 6.60. The summed E-state index contributed by atoms with van der Waals surface area (Å²) in [7, 11) is 0. The second-order valence-electron chi connectivity index (χ2n) is 11.2. The van der Waals surface area contributed by atoms with E-state index in [-0.39, 0.29) is 16.2 Å². The fourth-order valence-corrected chi connectivity index (χ4v) is 5.13. The van der Waals surface area contributed by atoms with Gasteiger partial charge < -0.3 is 5.11 Å². The van der Waals surface area contributed by atoms with E-state index >= 15 is 0 Å². The van der Waals surface area contributed by atoms with E-state index in [4.69, 9.17) is 10.2 Å². The van der Waals surface area contributed by atoms with Gasteiger partial charge in [0.05, 0.1) is 6.54 Å². The molecule has 4 nitrogen and oxygen atoms in total.